The summed E-state index contributed by atoms with van der Waals surface area (Å²) in [5.41, 5.74) is 5.64. The molecule has 1 fully saturated rings. The first kappa shape index (κ1) is 13.4. The van der Waals surface area contributed by atoms with Crippen molar-refractivity contribution in [2.75, 3.05) is 53.4 Å². The Bertz CT molecular complexity index is 224. The lowest BCUT2D eigenvalue weighted by atomic mass is 10.2. The summed E-state index contributed by atoms with van der Waals surface area (Å²) in [6.45, 7) is 7.35. The number of hydrogen-bond donors (Lipinski definition) is 1. The maximum Gasteiger partial charge on any atom is 0.236 e. The van der Waals surface area contributed by atoms with E-state index in [9.17, 15) is 4.79 Å². The van der Waals surface area contributed by atoms with E-state index in [0.29, 0.717) is 19.1 Å². The topological polar surface area (TPSA) is 52.8 Å². The number of carbonyl (C=O) groups is 1. The molecule has 1 heterocycles. The predicted octanol–water partition coefficient (Wildman–Crippen LogP) is -0.961. The van der Waals surface area contributed by atoms with Crippen molar-refractivity contribution in [2.45, 2.75) is 13.0 Å². The smallest absolute Gasteiger partial charge is 0.236 e. The summed E-state index contributed by atoms with van der Waals surface area (Å²) in [5, 5.41) is 0. The van der Waals surface area contributed by atoms with Gasteiger partial charge >= 0.3 is 0 Å². The third-order valence-electron chi connectivity index (χ3n) is 3.23. The highest BCUT2D eigenvalue weighted by Crippen LogP contribution is 2.05. The first-order valence-electron chi connectivity index (χ1n) is 5.91. The second-order valence-corrected chi connectivity index (χ2v) is 4.69. The van der Waals surface area contributed by atoms with Gasteiger partial charge in [-0.05, 0) is 6.92 Å². The van der Waals surface area contributed by atoms with Crippen LogP contribution in [-0.4, -0.2) is 80.0 Å². The largest absolute Gasteiger partial charge is 0.348 e. The van der Waals surface area contributed by atoms with E-state index < -0.39 is 0 Å². The van der Waals surface area contributed by atoms with Gasteiger partial charge in [-0.25, -0.2) is 0 Å². The van der Waals surface area contributed by atoms with Crippen LogP contribution in [0.4, 0.5) is 0 Å². The summed E-state index contributed by atoms with van der Waals surface area (Å²) in [5.74, 6) is 0.181. The maximum absolute atomic E-state index is 11.5. The van der Waals surface area contributed by atoms with Crippen LogP contribution in [0, 0.1) is 0 Å². The minimum absolute atomic E-state index is 0.181. The fourth-order valence-electron chi connectivity index (χ4n) is 1.84. The average Bonchev–Trinajstić information content (AvgIpc) is 2.28. The molecule has 94 valence electrons. The Kier molecular flexibility index (Phi) is 5.18. The molecule has 0 spiro atoms. The van der Waals surface area contributed by atoms with E-state index in [4.69, 9.17) is 5.73 Å². The van der Waals surface area contributed by atoms with Gasteiger partial charge in [-0.3, -0.25) is 14.6 Å². The van der Waals surface area contributed by atoms with Gasteiger partial charge in [0.25, 0.3) is 0 Å². The molecule has 0 aromatic heterocycles. The number of carbonyl (C=O) groups excluding carboxylic acids is 1. The minimum Gasteiger partial charge on any atom is -0.348 e. The number of piperazine rings is 1. The third-order valence-corrected chi connectivity index (χ3v) is 3.23. The normalized spacial score (nSPS) is 20.8. The quantitative estimate of drug-likeness (QED) is 0.673. The standard InChI is InChI=1S/C11H24N4O/c1-10(8-12)15-6-4-14(5-7-15)9-11(16)13(2)3/h10H,4-9,12H2,1-3H3. The molecule has 1 amide bonds. The SMILES string of the molecule is CC(CN)N1CCN(CC(=O)N(C)C)CC1. The van der Waals surface area contributed by atoms with Gasteiger partial charge in [0, 0.05) is 52.9 Å². The van der Waals surface area contributed by atoms with E-state index in [1.165, 1.54) is 0 Å². The van der Waals surface area contributed by atoms with E-state index in [-0.39, 0.29) is 5.91 Å². The first-order chi connectivity index (χ1) is 7.54. The number of likely N-dealkylation sites (N-methyl/N-ethyl adjacent to an activating group) is 1. The van der Waals surface area contributed by atoms with E-state index in [1.54, 1.807) is 19.0 Å². The zero-order chi connectivity index (χ0) is 12.1. The van der Waals surface area contributed by atoms with Gasteiger partial charge in [-0.2, -0.15) is 0 Å². The summed E-state index contributed by atoms with van der Waals surface area (Å²) in [6, 6.07) is 0.451. The van der Waals surface area contributed by atoms with Gasteiger partial charge in [-0.1, -0.05) is 0 Å². The highest BCUT2D eigenvalue weighted by atomic mass is 16.2. The van der Waals surface area contributed by atoms with Crippen LogP contribution in [0.5, 0.6) is 0 Å². The monoisotopic (exact) mass is 228 g/mol. The van der Waals surface area contributed by atoms with Crippen molar-refractivity contribution in [3.8, 4) is 0 Å². The highest BCUT2D eigenvalue weighted by Gasteiger charge is 2.21. The van der Waals surface area contributed by atoms with Crippen LogP contribution in [0.1, 0.15) is 6.92 Å². The van der Waals surface area contributed by atoms with Crippen molar-refractivity contribution in [1.82, 2.24) is 14.7 Å². The molecule has 0 aromatic rings. The molecule has 1 saturated heterocycles. The van der Waals surface area contributed by atoms with E-state index in [2.05, 4.69) is 16.7 Å². The van der Waals surface area contributed by atoms with Crippen LogP contribution >= 0.6 is 0 Å². The summed E-state index contributed by atoms with van der Waals surface area (Å²) < 4.78 is 0. The van der Waals surface area contributed by atoms with Crippen molar-refractivity contribution < 1.29 is 4.79 Å². The Labute approximate surface area is 98.2 Å². The molecule has 0 radical (unpaired) electrons. The van der Waals surface area contributed by atoms with E-state index >= 15 is 0 Å². The molecular weight excluding hydrogens is 204 g/mol. The maximum atomic E-state index is 11.5. The summed E-state index contributed by atoms with van der Waals surface area (Å²) in [4.78, 5) is 17.8. The molecule has 0 aliphatic carbocycles. The molecule has 1 rings (SSSR count). The van der Waals surface area contributed by atoms with Gasteiger partial charge in [-0.15, -0.1) is 0 Å². The lowest BCUT2D eigenvalue weighted by molar-refractivity contribution is -0.130. The number of rotatable bonds is 4. The molecule has 1 atom stereocenters. The molecule has 2 N–H and O–H groups in total. The van der Waals surface area contributed by atoms with Crippen molar-refractivity contribution >= 4 is 5.91 Å². The van der Waals surface area contributed by atoms with Crippen LogP contribution in [0.2, 0.25) is 0 Å². The Morgan fingerprint density at radius 2 is 1.88 bits per heavy atom. The fraction of sp³-hybridized carbons (Fsp3) is 0.909. The Balaban J connectivity index is 2.29. The molecule has 16 heavy (non-hydrogen) atoms. The first-order valence-corrected chi connectivity index (χ1v) is 5.91. The molecule has 0 aromatic carbocycles. The molecule has 1 unspecified atom stereocenters. The lowest BCUT2D eigenvalue weighted by Gasteiger charge is -2.37. The van der Waals surface area contributed by atoms with Crippen LogP contribution in [-0.2, 0) is 4.79 Å². The fourth-order valence-corrected chi connectivity index (χ4v) is 1.84. The Morgan fingerprint density at radius 3 is 2.31 bits per heavy atom. The minimum atomic E-state index is 0.181. The van der Waals surface area contributed by atoms with E-state index in [0.717, 1.165) is 26.2 Å². The number of nitrogens with zero attached hydrogens (tertiary/aromatic N) is 3. The third kappa shape index (κ3) is 3.73. The molecule has 5 nitrogen and oxygen atoms in total. The highest BCUT2D eigenvalue weighted by molar-refractivity contribution is 5.77. The van der Waals surface area contributed by atoms with Crippen LogP contribution in [0.15, 0.2) is 0 Å². The van der Waals surface area contributed by atoms with E-state index in [1.807, 2.05) is 0 Å². The van der Waals surface area contributed by atoms with Crippen LogP contribution in [0.3, 0.4) is 0 Å². The van der Waals surface area contributed by atoms with Crippen molar-refractivity contribution in [3.05, 3.63) is 0 Å². The van der Waals surface area contributed by atoms with Crippen LogP contribution in [0.25, 0.3) is 0 Å². The Hall–Kier alpha value is -0.650. The second kappa shape index (κ2) is 6.18. The average molecular weight is 228 g/mol. The lowest BCUT2D eigenvalue weighted by Crippen LogP contribution is -2.53. The van der Waals surface area contributed by atoms with Crippen LogP contribution < -0.4 is 5.73 Å². The Morgan fingerprint density at radius 1 is 1.31 bits per heavy atom. The van der Waals surface area contributed by atoms with Gasteiger partial charge < -0.3 is 10.6 Å². The number of hydrogen-bond acceptors (Lipinski definition) is 4. The van der Waals surface area contributed by atoms with Gasteiger partial charge in [0.15, 0.2) is 0 Å². The van der Waals surface area contributed by atoms with Gasteiger partial charge in [0.2, 0.25) is 5.91 Å². The molecular formula is C11H24N4O. The zero-order valence-electron chi connectivity index (χ0n) is 10.6. The molecule has 5 heteroatoms. The molecule has 0 bridgehead atoms. The molecule has 1 aliphatic rings. The molecule has 1 aliphatic heterocycles. The van der Waals surface area contributed by atoms with Gasteiger partial charge in [0.05, 0.1) is 6.54 Å². The predicted molar refractivity (Wildman–Crippen MR) is 65.2 cm³/mol. The number of amides is 1. The zero-order valence-corrected chi connectivity index (χ0v) is 10.6. The second-order valence-electron chi connectivity index (χ2n) is 4.69. The summed E-state index contributed by atoms with van der Waals surface area (Å²) >= 11 is 0. The van der Waals surface area contributed by atoms with Crippen molar-refractivity contribution in [2.24, 2.45) is 5.73 Å². The van der Waals surface area contributed by atoms with Gasteiger partial charge in [0.1, 0.15) is 0 Å². The summed E-state index contributed by atoms with van der Waals surface area (Å²) in [6.07, 6.45) is 0. The van der Waals surface area contributed by atoms with Crippen molar-refractivity contribution in [1.29, 1.82) is 0 Å². The molecule has 0 saturated carbocycles. The van der Waals surface area contributed by atoms with Crippen molar-refractivity contribution in [3.63, 3.8) is 0 Å². The number of nitrogens with two attached hydrogens (primary N) is 1. The summed E-state index contributed by atoms with van der Waals surface area (Å²) in [7, 11) is 3.60.